The van der Waals surface area contributed by atoms with Gasteiger partial charge in [-0.2, -0.15) is 0 Å². The van der Waals surface area contributed by atoms with Gasteiger partial charge in [-0.3, -0.25) is 4.67 Å². The second-order valence-electron chi connectivity index (χ2n) is 4.39. The van der Waals surface area contributed by atoms with Crippen molar-refractivity contribution in [1.82, 2.24) is 4.67 Å². The van der Waals surface area contributed by atoms with Gasteiger partial charge < -0.3 is 4.74 Å². The number of benzene rings is 1. The Balaban J connectivity index is 0.000000861. The van der Waals surface area contributed by atoms with E-state index in [0.717, 1.165) is 37.1 Å². The molecular weight excluding hydrogens is 257 g/mol. The van der Waals surface area contributed by atoms with E-state index in [1.54, 1.807) is 0 Å². The molecule has 1 heterocycles. The molecule has 0 aromatic heterocycles. The molecule has 2 rings (SSSR count). The fraction of sp³-hybridized carbons (Fsp3) is 0.533. The van der Waals surface area contributed by atoms with E-state index in [1.165, 1.54) is 7.11 Å². The van der Waals surface area contributed by atoms with Crippen LogP contribution >= 0.6 is 9.39 Å². The minimum Gasteiger partial charge on any atom is -0.465 e. The van der Waals surface area contributed by atoms with Crippen LogP contribution in [0.25, 0.3) is 0 Å². The minimum atomic E-state index is -0.228. The predicted octanol–water partition coefficient (Wildman–Crippen LogP) is 3.47. The SMILES string of the molecule is CC.COC(=O)c1ccccc1C1CCN(P)CC1. The second-order valence-corrected chi connectivity index (χ2v) is 5.12. The van der Waals surface area contributed by atoms with Crippen LogP contribution in [0.5, 0.6) is 0 Å². The lowest BCUT2D eigenvalue weighted by atomic mass is 9.87. The third kappa shape index (κ3) is 4.29. The molecule has 1 fully saturated rings. The zero-order chi connectivity index (χ0) is 14.3. The summed E-state index contributed by atoms with van der Waals surface area (Å²) in [6, 6.07) is 7.79. The van der Waals surface area contributed by atoms with Gasteiger partial charge in [0.1, 0.15) is 0 Å². The number of hydrogen-bond acceptors (Lipinski definition) is 3. The summed E-state index contributed by atoms with van der Waals surface area (Å²) in [4.78, 5) is 11.7. The van der Waals surface area contributed by atoms with E-state index < -0.39 is 0 Å². The van der Waals surface area contributed by atoms with Crippen molar-refractivity contribution in [3.8, 4) is 0 Å². The Hall–Kier alpha value is -0.920. The number of methoxy groups -OCH3 is 1. The molecule has 3 nitrogen and oxygen atoms in total. The molecule has 1 aliphatic rings. The Morgan fingerprint density at radius 3 is 2.42 bits per heavy atom. The maximum Gasteiger partial charge on any atom is 0.338 e. The first-order chi connectivity index (χ1) is 9.22. The molecule has 19 heavy (non-hydrogen) atoms. The standard InChI is InChI=1S/C13H18NO2P.C2H6/c1-16-13(15)12-5-3-2-4-11(12)10-6-8-14(17)9-7-10;1-2/h2-5,10H,6-9,17H2,1H3;1-2H3. The van der Waals surface area contributed by atoms with Gasteiger partial charge in [-0.1, -0.05) is 41.4 Å². The molecule has 1 aromatic carbocycles. The summed E-state index contributed by atoms with van der Waals surface area (Å²) < 4.78 is 7.08. The van der Waals surface area contributed by atoms with Gasteiger partial charge >= 0.3 is 5.97 Å². The first kappa shape index (κ1) is 16.1. The molecule has 0 saturated carbocycles. The van der Waals surface area contributed by atoms with Gasteiger partial charge in [0.25, 0.3) is 0 Å². The smallest absolute Gasteiger partial charge is 0.338 e. The lowest BCUT2D eigenvalue weighted by Gasteiger charge is -2.29. The highest BCUT2D eigenvalue weighted by atomic mass is 31.0. The molecule has 1 aliphatic heterocycles. The zero-order valence-electron chi connectivity index (χ0n) is 12.1. The van der Waals surface area contributed by atoms with Crippen LogP contribution in [-0.4, -0.2) is 30.8 Å². The second kappa shape index (κ2) is 8.29. The number of carbonyl (C=O) groups is 1. The van der Waals surface area contributed by atoms with Crippen molar-refractivity contribution < 1.29 is 9.53 Å². The Bertz CT molecular complexity index is 401. The summed E-state index contributed by atoms with van der Waals surface area (Å²) in [5, 5.41) is 0. The summed E-state index contributed by atoms with van der Waals surface area (Å²) >= 11 is 0. The average Bonchev–Trinajstić information content (AvgIpc) is 2.49. The number of nitrogens with zero attached hydrogens (tertiary/aromatic N) is 1. The minimum absolute atomic E-state index is 0.228. The summed E-state index contributed by atoms with van der Waals surface area (Å²) in [6.45, 7) is 6.12. The van der Waals surface area contributed by atoms with Gasteiger partial charge in [-0.25, -0.2) is 4.79 Å². The topological polar surface area (TPSA) is 29.5 Å². The van der Waals surface area contributed by atoms with Crippen molar-refractivity contribution in [3.05, 3.63) is 35.4 Å². The summed E-state index contributed by atoms with van der Waals surface area (Å²) in [6.07, 6.45) is 2.19. The van der Waals surface area contributed by atoms with Gasteiger partial charge in [0.05, 0.1) is 12.7 Å². The zero-order valence-corrected chi connectivity index (χ0v) is 13.2. The normalized spacial score (nSPS) is 16.4. The Morgan fingerprint density at radius 1 is 1.26 bits per heavy atom. The third-order valence-corrected chi connectivity index (χ3v) is 3.85. The molecule has 1 unspecified atom stereocenters. The van der Waals surface area contributed by atoms with Gasteiger partial charge in [-0.05, 0) is 30.4 Å². The Morgan fingerprint density at radius 2 is 1.84 bits per heavy atom. The van der Waals surface area contributed by atoms with E-state index in [2.05, 4.69) is 20.1 Å². The van der Waals surface area contributed by atoms with Crippen LogP contribution < -0.4 is 0 Å². The monoisotopic (exact) mass is 281 g/mol. The van der Waals surface area contributed by atoms with Crippen LogP contribution in [0.1, 0.15) is 48.5 Å². The quantitative estimate of drug-likeness (QED) is 0.614. The van der Waals surface area contributed by atoms with Crippen LogP contribution in [0.2, 0.25) is 0 Å². The highest BCUT2D eigenvalue weighted by Gasteiger charge is 2.22. The molecule has 1 saturated heterocycles. The molecule has 0 N–H and O–H groups in total. The van der Waals surface area contributed by atoms with Crippen molar-refractivity contribution >= 4 is 15.4 Å². The molecule has 0 amide bonds. The highest BCUT2D eigenvalue weighted by Crippen LogP contribution is 2.31. The molecular formula is C15H24NO2P. The highest BCUT2D eigenvalue weighted by molar-refractivity contribution is 7.13. The van der Waals surface area contributed by atoms with Crippen molar-refractivity contribution in [2.75, 3.05) is 20.2 Å². The van der Waals surface area contributed by atoms with Crippen molar-refractivity contribution in [3.63, 3.8) is 0 Å². The summed E-state index contributed by atoms with van der Waals surface area (Å²) in [5.41, 5.74) is 1.86. The van der Waals surface area contributed by atoms with Crippen LogP contribution in [0.4, 0.5) is 0 Å². The largest absolute Gasteiger partial charge is 0.465 e. The lowest BCUT2D eigenvalue weighted by molar-refractivity contribution is 0.0598. The maximum atomic E-state index is 11.7. The fourth-order valence-electron chi connectivity index (χ4n) is 2.36. The Labute approximate surface area is 118 Å². The molecule has 0 bridgehead atoms. The number of ether oxygens (including phenoxy) is 1. The van der Waals surface area contributed by atoms with Gasteiger partial charge in [-0.15, -0.1) is 0 Å². The molecule has 106 valence electrons. The molecule has 4 heteroatoms. The van der Waals surface area contributed by atoms with E-state index in [4.69, 9.17) is 4.74 Å². The third-order valence-electron chi connectivity index (χ3n) is 3.34. The van der Waals surface area contributed by atoms with E-state index in [-0.39, 0.29) is 5.97 Å². The Kier molecular flexibility index (Phi) is 7.04. The van der Waals surface area contributed by atoms with Gasteiger partial charge in [0, 0.05) is 13.1 Å². The number of rotatable bonds is 2. The molecule has 0 spiro atoms. The van der Waals surface area contributed by atoms with Crippen molar-refractivity contribution in [2.24, 2.45) is 0 Å². The molecule has 1 aromatic rings. The summed E-state index contributed by atoms with van der Waals surface area (Å²) in [5.74, 6) is 0.246. The van der Waals surface area contributed by atoms with Crippen LogP contribution in [0.15, 0.2) is 24.3 Å². The van der Waals surface area contributed by atoms with Crippen LogP contribution in [0, 0.1) is 0 Å². The molecule has 0 radical (unpaired) electrons. The average molecular weight is 281 g/mol. The summed E-state index contributed by atoms with van der Waals surface area (Å²) in [7, 11) is 4.18. The number of carbonyl (C=O) groups excluding carboxylic acids is 1. The number of hydrogen-bond donors (Lipinski definition) is 0. The van der Waals surface area contributed by atoms with Crippen molar-refractivity contribution in [1.29, 1.82) is 0 Å². The van der Waals surface area contributed by atoms with Crippen LogP contribution in [0.3, 0.4) is 0 Å². The number of esters is 1. The van der Waals surface area contributed by atoms with Gasteiger partial charge in [0.15, 0.2) is 0 Å². The van der Waals surface area contributed by atoms with Gasteiger partial charge in [0.2, 0.25) is 0 Å². The number of piperidine rings is 1. The maximum absolute atomic E-state index is 11.7. The van der Waals surface area contributed by atoms with Crippen LogP contribution in [-0.2, 0) is 4.74 Å². The predicted molar refractivity (Wildman–Crippen MR) is 82.4 cm³/mol. The van der Waals surface area contributed by atoms with E-state index in [1.807, 2.05) is 32.0 Å². The van der Waals surface area contributed by atoms with E-state index >= 15 is 0 Å². The molecule has 1 atom stereocenters. The molecule has 0 aliphatic carbocycles. The first-order valence-corrected chi connectivity index (χ1v) is 7.41. The first-order valence-electron chi connectivity index (χ1n) is 6.89. The van der Waals surface area contributed by atoms with E-state index in [9.17, 15) is 4.79 Å². The van der Waals surface area contributed by atoms with E-state index in [0.29, 0.717) is 5.92 Å². The fourth-order valence-corrected chi connectivity index (χ4v) is 2.66. The lowest BCUT2D eigenvalue weighted by Crippen LogP contribution is -2.25. The van der Waals surface area contributed by atoms with Crippen molar-refractivity contribution in [2.45, 2.75) is 32.6 Å².